The number of carbonyl (C=O) groups is 4. The number of Topliss-reactive ketones (excluding diaryl/α,β-unsaturated/α-hetero) is 2. The highest BCUT2D eigenvalue weighted by atomic mass is 16.2. The van der Waals surface area contributed by atoms with Crippen molar-refractivity contribution in [2.24, 2.45) is 0 Å². The van der Waals surface area contributed by atoms with E-state index in [2.05, 4.69) is 9.97 Å². The maximum Gasteiger partial charge on any atom is 0.235 e. The number of pyridine rings is 2. The summed E-state index contributed by atoms with van der Waals surface area (Å²) >= 11 is 0. The average Bonchev–Trinajstić information content (AvgIpc) is 2.86. The molecule has 0 amide bonds. The molecule has 2 aromatic carbocycles. The zero-order chi connectivity index (χ0) is 22.2. The molecular weight excluding hydrogens is 404 g/mol. The van der Waals surface area contributed by atoms with Gasteiger partial charge in [0.15, 0.2) is 0 Å². The molecule has 0 saturated heterocycles. The van der Waals surface area contributed by atoms with E-state index in [0.717, 1.165) is 23.7 Å². The van der Waals surface area contributed by atoms with Crippen LogP contribution in [0.2, 0.25) is 0 Å². The lowest BCUT2D eigenvalue weighted by molar-refractivity contribution is 0.0815. The van der Waals surface area contributed by atoms with E-state index in [4.69, 9.17) is 0 Å². The molecule has 4 aromatic rings. The molecule has 0 bridgehead atoms. The maximum absolute atomic E-state index is 12.9. The minimum absolute atomic E-state index is 0.204. The van der Waals surface area contributed by atoms with Gasteiger partial charge in [-0.15, -0.1) is 0 Å². The second-order valence-corrected chi connectivity index (χ2v) is 7.38. The molecule has 6 heteroatoms. The number of aldehydes is 2. The van der Waals surface area contributed by atoms with Crippen molar-refractivity contribution in [3.05, 3.63) is 95.3 Å². The lowest BCUT2D eigenvalue weighted by Crippen LogP contribution is -2.23. The lowest BCUT2D eigenvalue weighted by atomic mass is 9.87. The molecule has 0 saturated carbocycles. The Labute approximate surface area is 182 Å². The molecule has 1 aliphatic rings. The number of benzene rings is 2. The largest absolute Gasteiger partial charge is 0.298 e. The van der Waals surface area contributed by atoms with Crippen LogP contribution < -0.4 is 0 Å². The fourth-order valence-electron chi connectivity index (χ4n) is 3.72. The van der Waals surface area contributed by atoms with E-state index in [1.54, 1.807) is 73.1 Å². The molecule has 2 heterocycles. The summed E-state index contributed by atoms with van der Waals surface area (Å²) in [5, 5.41) is 0. The van der Waals surface area contributed by atoms with Gasteiger partial charge in [0.05, 0.1) is 11.1 Å². The van der Waals surface area contributed by atoms with Crippen LogP contribution in [0.3, 0.4) is 0 Å². The Morgan fingerprint density at radius 2 is 0.906 bits per heavy atom. The number of fused-ring (bicyclic) bond motifs is 3. The van der Waals surface area contributed by atoms with Crippen LogP contribution in [0.1, 0.15) is 41.4 Å². The summed E-state index contributed by atoms with van der Waals surface area (Å²) in [5.41, 5.74) is 5.10. The van der Waals surface area contributed by atoms with Crippen LogP contribution in [0.4, 0.5) is 0 Å². The monoisotopic (exact) mass is 418 g/mol. The minimum Gasteiger partial charge on any atom is -0.298 e. The number of hydrogen-bond donors (Lipinski definition) is 0. The number of rotatable bonds is 4. The van der Waals surface area contributed by atoms with Crippen LogP contribution in [-0.4, -0.2) is 34.1 Å². The maximum atomic E-state index is 12.9. The molecule has 0 atom stereocenters. The van der Waals surface area contributed by atoms with E-state index < -0.39 is 11.6 Å². The van der Waals surface area contributed by atoms with E-state index >= 15 is 0 Å². The van der Waals surface area contributed by atoms with Gasteiger partial charge in [-0.3, -0.25) is 29.1 Å². The predicted octanol–water partition coefficient (Wildman–Crippen LogP) is 4.48. The first-order valence-electron chi connectivity index (χ1n) is 9.80. The first-order chi connectivity index (χ1) is 15.6. The van der Waals surface area contributed by atoms with Crippen molar-refractivity contribution >= 4 is 24.1 Å². The van der Waals surface area contributed by atoms with Gasteiger partial charge < -0.3 is 0 Å². The Bertz CT molecular complexity index is 1310. The van der Waals surface area contributed by atoms with E-state index in [1.165, 1.54) is 0 Å². The van der Waals surface area contributed by atoms with Gasteiger partial charge >= 0.3 is 0 Å². The molecule has 6 nitrogen and oxygen atoms in total. The van der Waals surface area contributed by atoms with Crippen molar-refractivity contribution in [2.45, 2.75) is 0 Å². The number of ketones is 2. The van der Waals surface area contributed by atoms with Crippen molar-refractivity contribution in [1.29, 1.82) is 0 Å². The summed E-state index contributed by atoms with van der Waals surface area (Å²) < 4.78 is 0. The minimum atomic E-state index is -0.637. The molecule has 0 unspecified atom stereocenters. The van der Waals surface area contributed by atoms with Gasteiger partial charge in [0.25, 0.3) is 0 Å². The Kier molecular flexibility index (Phi) is 4.60. The first kappa shape index (κ1) is 19.4. The highest BCUT2D eigenvalue weighted by molar-refractivity contribution is 6.52. The van der Waals surface area contributed by atoms with Crippen LogP contribution in [0.25, 0.3) is 33.6 Å². The van der Waals surface area contributed by atoms with Crippen molar-refractivity contribution < 1.29 is 19.2 Å². The van der Waals surface area contributed by atoms with E-state index in [0.29, 0.717) is 33.6 Å². The van der Waals surface area contributed by atoms with Crippen molar-refractivity contribution in [1.82, 2.24) is 9.97 Å². The Morgan fingerprint density at radius 1 is 0.531 bits per heavy atom. The Hall–Kier alpha value is -4.58. The molecule has 0 fully saturated rings. The van der Waals surface area contributed by atoms with Crippen molar-refractivity contribution in [3.63, 3.8) is 0 Å². The van der Waals surface area contributed by atoms with Crippen molar-refractivity contribution in [2.75, 3.05) is 0 Å². The third-order valence-electron chi connectivity index (χ3n) is 5.46. The summed E-state index contributed by atoms with van der Waals surface area (Å²) in [6, 6.07) is 17.0. The predicted molar refractivity (Wildman–Crippen MR) is 118 cm³/mol. The Balaban J connectivity index is 1.58. The molecule has 1 aliphatic carbocycles. The number of hydrogen-bond acceptors (Lipinski definition) is 6. The molecule has 5 rings (SSSR count). The standard InChI is InChI=1S/C26H14N2O4/c29-13-15-1-5-17(6-2-15)19-9-21-23(27-11-19)24-22(26(32)25(21)31)10-20(12-28-24)18-7-3-16(14-30)4-8-18/h1-14H. The molecule has 0 spiro atoms. The Morgan fingerprint density at radius 3 is 1.25 bits per heavy atom. The number of carbonyl (C=O) groups excluding carboxylic acids is 4. The van der Waals surface area contributed by atoms with Crippen LogP contribution in [0, 0.1) is 0 Å². The van der Waals surface area contributed by atoms with Gasteiger partial charge in [-0.1, -0.05) is 48.5 Å². The topological polar surface area (TPSA) is 94.1 Å². The van der Waals surface area contributed by atoms with E-state index in [9.17, 15) is 19.2 Å². The van der Waals surface area contributed by atoms with Gasteiger partial charge in [0, 0.05) is 34.6 Å². The number of aromatic nitrogens is 2. The summed E-state index contributed by atoms with van der Waals surface area (Å²) in [6.45, 7) is 0. The zero-order valence-corrected chi connectivity index (χ0v) is 16.6. The van der Waals surface area contributed by atoms with Gasteiger partial charge in [0.2, 0.25) is 11.6 Å². The van der Waals surface area contributed by atoms with E-state index in [-0.39, 0.29) is 11.1 Å². The van der Waals surface area contributed by atoms with Crippen LogP contribution in [0.5, 0.6) is 0 Å². The summed E-state index contributed by atoms with van der Waals surface area (Å²) in [4.78, 5) is 56.4. The highest BCUT2D eigenvalue weighted by Gasteiger charge is 2.33. The van der Waals surface area contributed by atoms with Gasteiger partial charge in [0.1, 0.15) is 24.0 Å². The molecule has 152 valence electrons. The third kappa shape index (κ3) is 3.15. The van der Waals surface area contributed by atoms with Gasteiger partial charge in [-0.25, -0.2) is 0 Å². The summed E-state index contributed by atoms with van der Waals surface area (Å²) in [5.74, 6) is -1.27. The highest BCUT2D eigenvalue weighted by Crippen LogP contribution is 2.34. The fraction of sp³-hybridized carbons (Fsp3) is 0. The molecule has 0 radical (unpaired) electrons. The second kappa shape index (κ2) is 7.59. The van der Waals surface area contributed by atoms with Gasteiger partial charge in [-0.05, 0) is 23.3 Å². The molecule has 2 aromatic heterocycles. The average molecular weight is 418 g/mol. The smallest absolute Gasteiger partial charge is 0.235 e. The van der Waals surface area contributed by atoms with E-state index in [1.807, 2.05) is 0 Å². The quantitative estimate of drug-likeness (QED) is 0.358. The normalized spacial score (nSPS) is 12.1. The SMILES string of the molecule is O=Cc1ccc(-c2cnc3c(c2)C(=O)C(=O)c2cc(-c4ccc(C=O)cc4)cnc2-3)cc1. The van der Waals surface area contributed by atoms with Crippen LogP contribution >= 0.6 is 0 Å². The first-order valence-corrected chi connectivity index (χ1v) is 9.80. The van der Waals surface area contributed by atoms with Crippen LogP contribution in [0.15, 0.2) is 73.1 Å². The van der Waals surface area contributed by atoms with Gasteiger partial charge in [-0.2, -0.15) is 0 Å². The summed E-state index contributed by atoms with van der Waals surface area (Å²) in [6.07, 6.45) is 4.75. The number of nitrogens with zero attached hydrogens (tertiary/aromatic N) is 2. The molecule has 32 heavy (non-hydrogen) atoms. The molecular formula is C26H14N2O4. The lowest BCUT2D eigenvalue weighted by Gasteiger charge is -2.18. The fourth-order valence-corrected chi connectivity index (χ4v) is 3.72. The second-order valence-electron chi connectivity index (χ2n) is 7.38. The van der Waals surface area contributed by atoms with Crippen molar-refractivity contribution in [3.8, 4) is 33.6 Å². The third-order valence-corrected chi connectivity index (χ3v) is 5.46. The van der Waals surface area contributed by atoms with Crippen LogP contribution in [-0.2, 0) is 0 Å². The summed E-state index contributed by atoms with van der Waals surface area (Å²) in [7, 11) is 0. The zero-order valence-electron chi connectivity index (χ0n) is 16.6. The molecule has 0 aliphatic heterocycles. The molecule has 0 N–H and O–H groups in total.